The Hall–Kier alpha value is -2.88. The lowest BCUT2D eigenvalue weighted by molar-refractivity contribution is 0.0695. The fourth-order valence-electron chi connectivity index (χ4n) is 2.98. The van der Waals surface area contributed by atoms with Crippen LogP contribution in [0.4, 0.5) is 0 Å². The molecule has 1 saturated carbocycles. The smallest absolute Gasteiger partial charge is 0.339 e. The zero-order valence-corrected chi connectivity index (χ0v) is 12.5. The number of aromatic carboxylic acids is 1. The second-order valence-electron chi connectivity index (χ2n) is 5.82. The van der Waals surface area contributed by atoms with E-state index in [1.165, 1.54) is 6.20 Å². The van der Waals surface area contributed by atoms with Gasteiger partial charge in [0.2, 0.25) is 0 Å². The molecule has 1 N–H and O–H groups in total. The Morgan fingerprint density at radius 2 is 1.74 bits per heavy atom. The summed E-state index contributed by atoms with van der Waals surface area (Å²) in [6.07, 6.45) is 3.52. The molecule has 1 aliphatic carbocycles. The van der Waals surface area contributed by atoms with Crippen molar-refractivity contribution in [3.8, 4) is 16.8 Å². The van der Waals surface area contributed by atoms with Crippen LogP contribution in [0.3, 0.4) is 0 Å². The van der Waals surface area contributed by atoms with Gasteiger partial charge in [0, 0.05) is 11.5 Å². The summed E-state index contributed by atoms with van der Waals surface area (Å²) in [5.74, 6) is -0.609. The fraction of sp³-hybridized carbons (Fsp3) is 0.158. The third-order valence-corrected chi connectivity index (χ3v) is 4.22. The Bertz CT molecular complexity index is 864. The molecular weight excluding hydrogens is 288 g/mol. The van der Waals surface area contributed by atoms with Crippen molar-refractivity contribution in [3.05, 3.63) is 72.1 Å². The number of aromatic nitrogens is 2. The molecule has 1 fully saturated rings. The highest BCUT2D eigenvalue weighted by atomic mass is 16.4. The van der Waals surface area contributed by atoms with Crippen molar-refractivity contribution in [3.63, 3.8) is 0 Å². The average Bonchev–Trinajstić information content (AvgIpc) is 3.33. The average molecular weight is 304 g/mol. The summed E-state index contributed by atoms with van der Waals surface area (Å²) in [4.78, 5) is 11.5. The van der Waals surface area contributed by atoms with E-state index in [1.54, 1.807) is 0 Å². The van der Waals surface area contributed by atoms with Crippen LogP contribution in [0.15, 0.2) is 60.8 Å². The Morgan fingerprint density at radius 1 is 1.04 bits per heavy atom. The molecule has 1 aromatic heterocycles. The van der Waals surface area contributed by atoms with Crippen LogP contribution in [-0.2, 0) is 0 Å². The molecule has 23 heavy (non-hydrogen) atoms. The lowest BCUT2D eigenvalue weighted by Gasteiger charge is -2.13. The Balaban J connectivity index is 1.91. The van der Waals surface area contributed by atoms with Gasteiger partial charge in [-0.15, -0.1) is 0 Å². The highest BCUT2D eigenvalue weighted by Gasteiger charge is 2.33. The topological polar surface area (TPSA) is 55.1 Å². The van der Waals surface area contributed by atoms with E-state index in [-0.39, 0.29) is 0 Å². The largest absolute Gasteiger partial charge is 0.478 e. The summed E-state index contributed by atoms with van der Waals surface area (Å²) in [5, 5.41) is 13.8. The van der Waals surface area contributed by atoms with Crippen molar-refractivity contribution in [1.29, 1.82) is 0 Å². The first-order valence-corrected chi connectivity index (χ1v) is 7.72. The van der Waals surface area contributed by atoms with Gasteiger partial charge < -0.3 is 5.11 Å². The summed E-state index contributed by atoms with van der Waals surface area (Å²) in [6.45, 7) is 0. The van der Waals surface area contributed by atoms with Gasteiger partial charge in [-0.2, -0.15) is 5.10 Å². The van der Waals surface area contributed by atoms with Gasteiger partial charge in [-0.25, -0.2) is 9.48 Å². The van der Waals surface area contributed by atoms with Gasteiger partial charge in [-0.1, -0.05) is 48.5 Å². The molecule has 1 heterocycles. The highest BCUT2D eigenvalue weighted by molar-refractivity contribution is 5.89. The van der Waals surface area contributed by atoms with Gasteiger partial charge in [0.15, 0.2) is 0 Å². The second-order valence-corrected chi connectivity index (χ2v) is 5.82. The number of carboxylic acids is 1. The van der Waals surface area contributed by atoms with E-state index in [0.29, 0.717) is 11.5 Å². The van der Waals surface area contributed by atoms with E-state index in [2.05, 4.69) is 17.2 Å². The predicted octanol–water partition coefficient (Wildman–Crippen LogP) is 4.11. The maximum Gasteiger partial charge on any atom is 0.339 e. The van der Waals surface area contributed by atoms with Gasteiger partial charge in [0.1, 0.15) is 5.56 Å². The normalized spacial score (nSPS) is 13.9. The number of hydrogen-bond acceptors (Lipinski definition) is 2. The van der Waals surface area contributed by atoms with E-state index < -0.39 is 5.97 Å². The van der Waals surface area contributed by atoms with Crippen molar-refractivity contribution < 1.29 is 9.90 Å². The monoisotopic (exact) mass is 304 g/mol. The van der Waals surface area contributed by atoms with Crippen molar-refractivity contribution >= 4 is 5.97 Å². The number of para-hydroxylation sites is 1. The zero-order valence-electron chi connectivity index (χ0n) is 12.5. The molecule has 0 amide bonds. The summed E-state index contributed by atoms with van der Waals surface area (Å²) >= 11 is 0. The number of hydrogen-bond donors (Lipinski definition) is 1. The number of carboxylic acid groups (broad SMARTS) is 1. The number of nitrogens with zero attached hydrogens (tertiary/aromatic N) is 2. The number of rotatable bonds is 4. The van der Waals surface area contributed by atoms with E-state index in [1.807, 2.05) is 47.1 Å². The number of carbonyl (C=O) groups is 1. The minimum atomic E-state index is -0.907. The second kappa shape index (κ2) is 5.39. The molecule has 0 aliphatic heterocycles. The summed E-state index contributed by atoms with van der Waals surface area (Å²) in [6, 6.07) is 18.1. The van der Waals surface area contributed by atoms with Gasteiger partial charge in [-0.05, 0) is 24.5 Å². The van der Waals surface area contributed by atoms with Crippen LogP contribution in [0.25, 0.3) is 16.8 Å². The van der Waals surface area contributed by atoms with Crippen LogP contribution in [0.2, 0.25) is 0 Å². The molecule has 0 atom stereocenters. The van der Waals surface area contributed by atoms with Crippen LogP contribution < -0.4 is 0 Å². The summed E-state index contributed by atoms with van der Waals surface area (Å²) in [5.41, 5.74) is 4.21. The minimum absolute atomic E-state index is 0.299. The molecule has 0 unspecified atom stereocenters. The number of benzene rings is 2. The van der Waals surface area contributed by atoms with E-state index in [9.17, 15) is 9.90 Å². The lowest BCUT2D eigenvalue weighted by Crippen LogP contribution is -2.06. The van der Waals surface area contributed by atoms with Crippen molar-refractivity contribution in [2.24, 2.45) is 0 Å². The lowest BCUT2D eigenvalue weighted by atomic mass is 10.0. The van der Waals surface area contributed by atoms with E-state index in [0.717, 1.165) is 35.3 Å². The van der Waals surface area contributed by atoms with E-state index in [4.69, 9.17) is 0 Å². The molecule has 0 radical (unpaired) electrons. The molecule has 4 rings (SSSR count). The van der Waals surface area contributed by atoms with Crippen LogP contribution in [0.1, 0.15) is 34.8 Å². The first kappa shape index (κ1) is 13.8. The molecule has 0 saturated heterocycles. The van der Waals surface area contributed by atoms with Crippen LogP contribution in [-0.4, -0.2) is 20.9 Å². The first-order valence-electron chi connectivity index (χ1n) is 7.72. The van der Waals surface area contributed by atoms with Crippen LogP contribution in [0, 0.1) is 0 Å². The molecular formula is C19H16N2O2. The SMILES string of the molecule is O=C(O)c1cnn(-c2ccccc2-c2ccccc2)c1C1CC1. The maximum absolute atomic E-state index is 11.5. The molecule has 2 aromatic carbocycles. The van der Waals surface area contributed by atoms with E-state index >= 15 is 0 Å². The standard InChI is InChI=1S/C19H16N2O2/c22-19(23)16-12-20-21(18(16)14-10-11-14)17-9-5-4-8-15(17)13-6-2-1-3-7-13/h1-9,12,14H,10-11H2,(H,22,23). The van der Waals surface area contributed by atoms with Crippen molar-refractivity contribution in [2.75, 3.05) is 0 Å². The van der Waals surface area contributed by atoms with Gasteiger partial charge >= 0.3 is 5.97 Å². The Morgan fingerprint density at radius 3 is 2.43 bits per heavy atom. The highest BCUT2D eigenvalue weighted by Crippen LogP contribution is 2.43. The zero-order chi connectivity index (χ0) is 15.8. The predicted molar refractivity (Wildman–Crippen MR) is 87.9 cm³/mol. The van der Waals surface area contributed by atoms with Gasteiger partial charge in [0.05, 0.1) is 17.6 Å². The molecule has 0 spiro atoms. The quantitative estimate of drug-likeness (QED) is 0.789. The van der Waals surface area contributed by atoms with Crippen LogP contribution in [0.5, 0.6) is 0 Å². The Kier molecular flexibility index (Phi) is 3.23. The molecule has 4 heteroatoms. The third kappa shape index (κ3) is 2.42. The summed E-state index contributed by atoms with van der Waals surface area (Å²) < 4.78 is 1.81. The molecule has 114 valence electrons. The first-order chi connectivity index (χ1) is 11.3. The van der Waals surface area contributed by atoms with Crippen molar-refractivity contribution in [2.45, 2.75) is 18.8 Å². The van der Waals surface area contributed by atoms with Gasteiger partial charge in [0.25, 0.3) is 0 Å². The van der Waals surface area contributed by atoms with Crippen LogP contribution >= 0.6 is 0 Å². The molecule has 4 nitrogen and oxygen atoms in total. The molecule has 0 bridgehead atoms. The molecule has 3 aromatic rings. The molecule has 1 aliphatic rings. The fourth-order valence-corrected chi connectivity index (χ4v) is 2.98. The van der Waals surface area contributed by atoms with Crippen molar-refractivity contribution in [1.82, 2.24) is 9.78 Å². The van der Waals surface area contributed by atoms with Gasteiger partial charge in [-0.3, -0.25) is 0 Å². The minimum Gasteiger partial charge on any atom is -0.478 e. The maximum atomic E-state index is 11.5. The summed E-state index contributed by atoms with van der Waals surface area (Å²) in [7, 11) is 0. The third-order valence-electron chi connectivity index (χ3n) is 4.22. The Labute approximate surface area is 134 Å².